The second-order valence-electron chi connectivity index (χ2n) is 5.62. The van der Waals surface area contributed by atoms with Crippen LogP contribution in [0.25, 0.3) is 0 Å². The molecular formula is C15H25N3. The van der Waals surface area contributed by atoms with Gasteiger partial charge in [0.25, 0.3) is 0 Å². The van der Waals surface area contributed by atoms with Gasteiger partial charge < -0.3 is 4.90 Å². The Labute approximate surface area is 111 Å². The molecule has 0 aromatic carbocycles. The van der Waals surface area contributed by atoms with Crippen molar-refractivity contribution in [3.05, 3.63) is 29.6 Å². The summed E-state index contributed by atoms with van der Waals surface area (Å²) in [5.41, 5.74) is 2.32. The average molecular weight is 247 g/mol. The van der Waals surface area contributed by atoms with E-state index in [0.717, 1.165) is 12.2 Å². The maximum absolute atomic E-state index is 4.61. The second kappa shape index (κ2) is 6.30. The first kappa shape index (κ1) is 13.5. The summed E-state index contributed by atoms with van der Waals surface area (Å²) in [5, 5.41) is 0. The number of hydrogen-bond acceptors (Lipinski definition) is 3. The summed E-state index contributed by atoms with van der Waals surface area (Å²) in [4.78, 5) is 9.53. The lowest BCUT2D eigenvalue weighted by atomic mass is 10.1. The number of rotatable bonds is 3. The summed E-state index contributed by atoms with van der Waals surface area (Å²) >= 11 is 0. The van der Waals surface area contributed by atoms with Gasteiger partial charge in [0, 0.05) is 24.8 Å². The van der Waals surface area contributed by atoms with Gasteiger partial charge in [-0.15, -0.1) is 0 Å². The first-order valence-corrected chi connectivity index (χ1v) is 6.96. The van der Waals surface area contributed by atoms with E-state index in [1.165, 1.54) is 38.0 Å². The Hall–Kier alpha value is -0.930. The van der Waals surface area contributed by atoms with Crippen LogP contribution in [-0.4, -0.2) is 48.0 Å². The maximum atomic E-state index is 4.61. The fourth-order valence-electron chi connectivity index (χ4n) is 2.68. The van der Waals surface area contributed by atoms with Gasteiger partial charge in [0.1, 0.15) is 0 Å². The lowest BCUT2D eigenvalue weighted by molar-refractivity contribution is 0.190. The van der Waals surface area contributed by atoms with Crippen LogP contribution < -0.4 is 0 Å². The summed E-state index contributed by atoms with van der Waals surface area (Å²) in [7, 11) is 4.39. The predicted molar refractivity (Wildman–Crippen MR) is 75.6 cm³/mol. The third-order valence-corrected chi connectivity index (χ3v) is 3.79. The van der Waals surface area contributed by atoms with E-state index < -0.39 is 0 Å². The van der Waals surface area contributed by atoms with Gasteiger partial charge in [0.05, 0.1) is 5.69 Å². The number of aryl methyl sites for hydroxylation is 1. The highest BCUT2D eigenvalue weighted by Gasteiger charge is 2.19. The van der Waals surface area contributed by atoms with E-state index >= 15 is 0 Å². The summed E-state index contributed by atoms with van der Waals surface area (Å²) in [5.74, 6) is 0. The van der Waals surface area contributed by atoms with Gasteiger partial charge in [-0.2, -0.15) is 0 Å². The Balaban J connectivity index is 1.99. The van der Waals surface area contributed by atoms with Gasteiger partial charge in [0.15, 0.2) is 0 Å². The summed E-state index contributed by atoms with van der Waals surface area (Å²) < 4.78 is 0. The van der Waals surface area contributed by atoms with Crippen LogP contribution >= 0.6 is 0 Å². The molecule has 0 saturated carbocycles. The minimum absolute atomic E-state index is 0.692. The number of nitrogens with zero attached hydrogens (tertiary/aromatic N) is 3. The van der Waals surface area contributed by atoms with Crippen molar-refractivity contribution in [3.8, 4) is 0 Å². The van der Waals surface area contributed by atoms with E-state index in [-0.39, 0.29) is 0 Å². The van der Waals surface area contributed by atoms with Crippen molar-refractivity contribution >= 4 is 0 Å². The van der Waals surface area contributed by atoms with Crippen molar-refractivity contribution in [3.63, 3.8) is 0 Å². The Bertz CT molecular complexity index is 376. The van der Waals surface area contributed by atoms with Gasteiger partial charge in [0.2, 0.25) is 0 Å². The third-order valence-electron chi connectivity index (χ3n) is 3.79. The van der Waals surface area contributed by atoms with E-state index in [4.69, 9.17) is 0 Å². The molecule has 1 aromatic rings. The number of likely N-dealkylation sites (tertiary alicyclic amines) is 1. The fourth-order valence-corrected chi connectivity index (χ4v) is 2.68. The van der Waals surface area contributed by atoms with Crippen LogP contribution in [0.3, 0.4) is 0 Å². The molecule has 1 aromatic heterocycles. The monoisotopic (exact) mass is 247 g/mol. The van der Waals surface area contributed by atoms with Crippen LogP contribution in [0, 0.1) is 6.92 Å². The lowest BCUT2D eigenvalue weighted by Gasteiger charge is -2.28. The van der Waals surface area contributed by atoms with E-state index in [9.17, 15) is 0 Å². The molecule has 0 N–H and O–H groups in total. The van der Waals surface area contributed by atoms with Crippen molar-refractivity contribution in [2.45, 2.75) is 38.8 Å². The number of likely N-dealkylation sites (N-methyl/N-ethyl adjacent to an activating group) is 1. The Morgan fingerprint density at radius 2 is 2.17 bits per heavy atom. The van der Waals surface area contributed by atoms with Crippen LogP contribution in [0.2, 0.25) is 0 Å². The molecule has 0 spiro atoms. The summed E-state index contributed by atoms with van der Waals surface area (Å²) in [6, 6.07) is 7.01. The lowest BCUT2D eigenvalue weighted by Crippen LogP contribution is -2.38. The minimum atomic E-state index is 0.692. The highest BCUT2D eigenvalue weighted by atomic mass is 15.2. The molecule has 3 heteroatoms. The molecule has 1 atom stereocenters. The zero-order chi connectivity index (χ0) is 13.0. The largest absolute Gasteiger partial charge is 0.305 e. The highest BCUT2D eigenvalue weighted by molar-refractivity contribution is 5.09. The highest BCUT2D eigenvalue weighted by Crippen LogP contribution is 2.15. The van der Waals surface area contributed by atoms with Crippen molar-refractivity contribution in [2.75, 3.05) is 27.2 Å². The molecular weight excluding hydrogens is 222 g/mol. The number of aromatic nitrogens is 1. The minimum Gasteiger partial charge on any atom is -0.305 e. The third kappa shape index (κ3) is 3.79. The van der Waals surface area contributed by atoms with Gasteiger partial charge >= 0.3 is 0 Å². The van der Waals surface area contributed by atoms with Gasteiger partial charge in [-0.3, -0.25) is 9.88 Å². The Morgan fingerprint density at radius 1 is 1.33 bits per heavy atom. The van der Waals surface area contributed by atoms with E-state index in [1.807, 2.05) is 0 Å². The molecule has 0 radical (unpaired) electrons. The summed E-state index contributed by atoms with van der Waals surface area (Å²) in [6.45, 7) is 5.43. The number of hydrogen-bond donors (Lipinski definition) is 0. The molecule has 0 amide bonds. The predicted octanol–water partition coefficient (Wildman–Crippen LogP) is 2.31. The van der Waals surface area contributed by atoms with Crippen molar-refractivity contribution in [1.29, 1.82) is 0 Å². The van der Waals surface area contributed by atoms with Crippen molar-refractivity contribution in [2.24, 2.45) is 0 Å². The first-order chi connectivity index (χ1) is 8.65. The molecule has 2 heterocycles. The second-order valence-corrected chi connectivity index (χ2v) is 5.62. The van der Waals surface area contributed by atoms with Crippen LogP contribution in [0.5, 0.6) is 0 Å². The van der Waals surface area contributed by atoms with Crippen LogP contribution in [0.15, 0.2) is 18.2 Å². The van der Waals surface area contributed by atoms with Crippen LogP contribution in [-0.2, 0) is 6.54 Å². The van der Waals surface area contributed by atoms with Gasteiger partial charge in [-0.05, 0) is 52.5 Å². The SMILES string of the molecule is Cc1cccc(CN2CCCC[C@H](N(C)C)C2)n1. The zero-order valence-corrected chi connectivity index (χ0v) is 11.9. The molecule has 0 aliphatic carbocycles. The molecule has 1 fully saturated rings. The number of pyridine rings is 1. The van der Waals surface area contributed by atoms with Crippen LogP contribution in [0.1, 0.15) is 30.7 Å². The molecule has 100 valence electrons. The van der Waals surface area contributed by atoms with E-state index in [1.54, 1.807) is 0 Å². The van der Waals surface area contributed by atoms with Gasteiger partial charge in [-0.1, -0.05) is 12.5 Å². The Morgan fingerprint density at radius 3 is 2.89 bits per heavy atom. The van der Waals surface area contributed by atoms with Crippen molar-refractivity contribution < 1.29 is 0 Å². The van der Waals surface area contributed by atoms with E-state index in [0.29, 0.717) is 6.04 Å². The molecule has 1 saturated heterocycles. The molecule has 0 bridgehead atoms. The molecule has 1 aliphatic rings. The molecule has 0 unspecified atom stereocenters. The maximum Gasteiger partial charge on any atom is 0.0547 e. The Kier molecular flexibility index (Phi) is 4.72. The molecule has 3 nitrogen and oxygen atoms in total. The quantitative estimate of drug-likeness (QED) is 0.817. The fraction of sp³-hybridized carbons (Fsp3) is 0.667. The van der Waals surface area contributed by atoms with E-state index in [2.05, 4.69) is 54.0 Å². The first-order valence-electron chi connectivity index (χ1n) is 6.96. The smallest absolute Gasteiger partial charge is 0.0547 e. The standard InChI is InChI=1S/C15H25N3/c1-13-7-6-8-14(16-13)11-18-10-5-4-9-15(12-18)17(2)3/h6-8,15H,4-5,9-12H2,1-3H3/t15-/m0/s1. The average Bonchev–Trinajstić information content (AvgIpc) is 2.55. The topological polar surface area (TPSA) is 19.4 Å². The van der Waals surface area contributed by atoms with Gasteiger partial charge in [-0.25, -0.2) is 0 Å². The molecule has 2 rings (SSSR count). The molecule has 1 aliphatic heterocycles. The normalized spacial score (nSPS) is 22.1. The van der Waals surface area contributed by atoms with Crippen LogP contribution in [0.4, 0.5) is 0 Å². The van der Waals surface area contributed by atoms with Crippen molar-refractivity contribution in [1.82, 2.24) is 14.8 Å². The summed E-state index contributed by atoms with van der Waals surface area (Å²) in [6.07, 6.45) is 3.99. The molecule has 18 heavy (non-hydrogen) atoms. The zero-order valence-electron chi connectivity index (χ0n) is 11.9.